The van der Waals surface area contributed by atoms with Crippen molar-refractivity contribution in [2.45, 2.75) is 0 Å². The van der Waals surface area contributed by atoms with Gasteiger partial charge in [0, 0.05) is 0 Å². The van der Waals surface area contributed by atoms with Crippen LogP contribution >= 0.6 is 0 Å². The molecule has 2 aromatic carbocycles. The highest BCUT2D eigenvalue weighted by atomic mass is 16.6. The van der Waals surface area contributed by atoms with Gasteiger partial charge in [-0.15, -0.1) is 0 Å². The van der Waals surface area contributed by atoms with E-state index in [0.29, 0.717) is 16.8 Å². The summed E-state index contributed by atoms with van der Waals surface area (Å²) in [6, 6.07) is 9.86. The smallest absolute Gasteiger partial charge is 0.280 e. The topological polar surface area (TPSA) is 107 Å². The predicted molar refractivity (Wildman–Crippen MR) is 97.5 cm³/mol. The Hall–Kier alpha value is -3.68. The number of nitro groups is 1. The number of nitrogens with zero attached hydrogens (tertiary/aromatic N) is 2. The molecule has 0 saturated carbocycles. The molecule has 0 bridgehead atoms. The maximum Gasteiger partial charge on any atom is 0.280 e. The van der Waals surface area contributed by atoms with Gasteiger partial charge in [0.05, 0.1) is 41.8 Å². The van der Waals surface area contributed by atoms with Crippen LogP contribution in [0.1, 0.15) is 11.3 Å². The average Bonchev–Trinajstić information content (AvgIpc) is 2.65. The van der Waals surface area contributed by atoms with Crippen molar-refractivity contribution in [3.8, 4) is 11.5 Å². The van der Waals surface area contributed by atoms with Gasteiger partial charge >= 0.3 is 0 Å². The number of hydrogen-bond donors (Lipinski definition) is 1. The first-order valence-electron chi connectivity index (χ1n) is 7.61. The van der Waals surface area contributed by atoms with Crippen LogP contribution in [0.5, 0.6) is 11.5 Å². The molecule has 0 radical (unpaired) electrons. The summed E-state index contributed by atoms with van der Waals surface area (Å²) in [5.41, 5.74) is 1.09. The van der Waals surface area contributed by atoms with Gasteiger partial charge in [-0.1, -0.05) is 12.1 Å². The zero-order valence-electron chi connectivity index (χ0n) is 14.1. The number of rotatable bonds is 5. The third-order valence-electron chi connectivity index (χ3n) is 3.78. The van der Waals surface area contributed by atoms with Gasteiger partial charge in [-0.05, 0) is 30.4 Å². The molecule has 0 spiro atoms. The number of aromatic amines is 1. The maximum absolute atomic E-state index is 12.1. The minimum atomic E-state index is -0.528. The zero-order valence-corrected chi connectivity index (χ0v) is 14.1. The van der Waals surface area contributed by atoms with Gasteiger partial charge in [0.1, 0.15) is 5.69 Å². The first kappa shape index (κ1) is 17.2. The van der Waals surface area contributed by atoms with Crippen molar-refractivity contribution in [1.29, 1.82) is 0 Å². The lowest BCUT2D eigenvalue weighted by atomic mass is 10.1. The van der Waals surface area contributed by atoms with Crippen molar-refractivity contribution in [3.05, 3.63) is 68.1 Å². The summed E-state index contributed by atoms with van der Waals surface area (Å²) in [4.78, 5) is 30.0. The zero-order chi connectivity index (χ0) is 18.7. The molecule has 8 heteroatoms. The Morgan fingerprint density at radius 2 is 1.81 bits per heavy atom. The van der Waals surface area contributed by atoms with Gasteiger partial charge in [-0.2, -0.15) is 0 Å². The molecule has 26 heavy (non-hydrogen) atoms. The monoisotopic (exact) mass is 353 g/mol. The van der Waals surface area contributed by atoms with Crippen molar-refractivity contribution in [2.75, 3.05) is 14.2 Å². The molecule has 0 fully saturated rings. The fourth-order valence-electron chi connectivity index (χ4n) is 2.50. The fraction of sp³-hybridized carbons (Fsp3) is 0.111. The number of H-pyrrole nitrogens is 1. The van der Waals surface area contributed by atoms with Crippen LogP contribution in [0.2, 0.25) is 0 Å². The summed E-state index contributed by atoms with van der Waals surface area (Å²) in [7, 11) is 2.84. The molecule has 1 N–H and O–H groups in total. The minimum absolute atomic E-state index is 0.146. The van der Waals surface area contributed by atoms with E-state index in [1.165, 1.54) is 38.5 Å². The van der Waals surface area contributed by atoms with E-state index in [1.807, 2.05) is 0 Å². The van der Waals surface area contributed by atoms with E-state index >= 15 is 0 Å². The Morgan fingerprint density at radius 1 is 1.12 bits per heavy atom. The van der Waals surface area contributed by atoms with E-state index in [9.17, 15) is 14.9 Å². The summed E-state index contributed by atoms with van der Waals surface area (Å²) in [5.74, 6) is 0.594. The van der Waals surface area contributed by atoms with Crippen LogP contribution < -0.4 is 15.0 Å². The SMILES string of the molecule is COc1cc(C=Cc2nc3ccccc3[nH]c2=O)c([N+](=O)[O-])cc1OC. The summed E-state index contributed by atoms with van der Waals surface area (Å²) in [5, 5.41) is 11.3. The molecule has 0 unspecified atom stereocenters. The minimum Gasteiger partial charge on any atom is -0.493 e. The quantitative estimate of drug-likeness (QED) is 0.558. The van der Waals surface area contributed by atoms with Gasteiger partial charge in [0.2, 0.25) is 0 Å². The number of nitro benzene ring substituents is 1. The highest BCUT2D eigenvalue weighted by Crippen LogP contribution is 2.35. The van der Waals surface area contributed by atoms with Crippen molar-refractivity contribution >= 4 is 28.9 Å². The Kier molecular flexibility index (Phi) is 4.66. The largest absolute Gasteiger partial charge is 0.493 e. The van der Waals surface area contributed by atoms with Gasteiger partial charge in [0.15, 0.2) is 11.5 Å². The number of aromatic nitrogens is 2. The Morgan fingerprint density at radius 3 is 2.50 bits per heavy atom. The van der Waals surface area contributed by atoms with Crippen LogP contribution in [0.3, 0.4) is 0 Å². The molecular formula is C18H15N3O5. The Bertz CT molecular complexity index is 1070. The van der Waals surface area contributed by atoms with E-state index in [4.69, 9.17) is 9.47 Å². The van der Waals surface area contributed by atoms with Crippen molar-refractivity contribution in [1.82, 2.24) is 9.97 Å². The highest BCUT2D eigenvalue weighted by Gasteiger charge is 2.18. The highest BCUT2D eigenvalue weighted by molar-refractivity contribution is 5.78. The second kappa shape index (κ2) is 7.06. The van der Waals surface area contributed by atoms with Crippen molar-refractivity contribution < 1.29 is 14.4 Å². The molecule has 0 aliphatic rings. The fourth-order valence-corrected chi connectivity index (χ4v) is 2.50. The second-order valence-electron chi connectivity index (χ2n) is 5.32. The molecule has 0 saturated heterocycles. The van der Waals surface area contributed by atoms with Crippen molar-refractivity contribution in [2.24, 2.45) is 0 Å². The van der Waals surface area contributed by atoms with Gasteiger partial charge in [-0.25, -0.2) is 4.98 Å². The van der Waals surface area contributed by atoms with Crippen LogP contribution in [-0.2, 0) is 0 Å². The molecule has 3 aromatic rings. The molecule has 1 heterocycles. The maximum atomic E-state index is 12.1. The lowest BCUT2D eigenvalue weighted by Crippen LogP contribution is -2.11. The standard InChI is InChI=1S/C18H15N3O5/c1-25-16-9-11(15(21(23)24)10-17(16)26-2)7-8-14-18(22)20-13-6-4-3-5-12(13)19-14/h3-10H,1-2H3,(H,20,22). The number of para-hydroxylation sites is 2. The molecule has 0 amide bonds. The second-order valence-corrected chi connectivity index (χ2v) is 5.32. The number of benzene rings is 2. The summed E-state index contributed by atoms with van der Waals surface area (Å²) >= 11 is 0. The number of methoxy groups -OCH3 is 2. The summed E-state index contributed by atoms with van der Waals surface area (Å²) < 4.78 is 10.3. The molecule has 0 aliphatic carbocycles. The van der Waals surface area contributed by atoms with Gasteiger partial charge in [0.25, 0.3) is 11.2 Å². The van der Waals surface area contributed by atoms with E-state index in [1.54, 1.807) is 24.3 Å². The molecule has 3 rings (SSSR count). The van der Waals surface area contributed by atoms with Crippen LogP contribution in [0.25, 0.3) is 23.2 Å². The molecule has 8 nitrogen and oxygen atoms in total. The molecule has 1 aromatic heterocycles. The van der Waals surface area contributed by atoms with Crippen LogP contribution in [-0.4, -0.2) is 29.1 Å². The first-order valence-corrected chi connectivity index (χ1v) is 7.61. The van der Waals surface area contributed by atoms with Crippen LogP contribution in [0.4, 0.5) is 5.69 Å². The number of ether oxygens (including phenoxy) is 2. The third-order valence-corrected chi connectivity index (χ3v) is 3.78. The lowest BCUT2D eigenvalue weighted by molar-refractivity contribution is -0.385. The van der Waals surface area contributed by atoms with E-state index in [-0.39, 0.29) is 28.3 Å². The Labute approximate surface area is 147 Å². The first-order chi connectivity index (χ1) is 12.5. The van der Waals surface area contributed by atoms with E-state index in [2.05, 4.69) is 9.97 Å². The normalized spacial score (nSPS) is 11.0. The van der Waals surface area contributed by atoms with E-state index in [0.717, 1.165) is 0 Å². The van der Waals surface area contributed by atoms with Crippen LogP contribution in [0.15, 0.2) is 41.2 Å². The number of fused-ring (bicyclic) bond motifs is 1. The Balaban J connectivity index is 2.09. The average molecular weight is 353 g/mol. The molecule has 0 aliphatic heterocycles. The van der Waals surface area contributed by atoms with Gasteiger partial charge < -0.3 is 14.5 Å². The lowest BCUT2D eigenvalue weighted by Gasteiger charge is -2.08. The third kappa shape index (κ3) is 3.25. The number of nitrogens with one attached hydrogen (secondary N) is 1. The van der Waals surface area contributed by atoms with Crippen molar-refractivity contribution in [3.63, 3.8) is 0 Å². The molecule has 0 atom stereocenters. The molecular weight excluding hydrogens is 338 g/mol. The summed E-state index contributed by atoms with van der Waals surface area (Å²) in [6.45, 7) is 0. The van der Waals surface area contributed by atoms with Gasteiger partial charge in [-0.3, -0.25) is 14.9 Å². The van der Waals surface area contributed by atoms with Crippen LogP contribution in [0, 0.1) is 10.1 Å². The van der Waals surface area contributed by atoms with E-state index < -0.39 is 4.92 Å². The molecule has 132 valence electrons. The summed E-state index contributed by atoms with van der Waals surface area (Å²) in [6.07, 6.45) is 2.88. The number of hydrogen-bond acceptors (Lipinski definition) is 6. The predicted octanol–water partition coefficient (Wildman–Crippen LogP) is 3.02.